The normalized spacial score (nSPS) is 16.1. The molecule has 1 atom stereocenters. The largest absolute Gasteiger partial charge is 0.508 e. The monoisotopic (exact) mass is 490 g/mol. The summed E-state index contributed by atoms with van der Waals surface area (Å²) in [7, 11) is 1.55. The lowest BCUT2D eigenvalue weighted by Crippen LogP contribution is -2.39. The Morgan fingerprint density at radius 3 is 2.37 bits per heavy atom. The number of hydrogen-bond donors (Lipinski definition) is 2. The van der Waals surface area contributed by atoms with Gasteiger partial charge in [-0.2, -0.15) is 0 Å². The van der Waals surface area contributed by atoms with E-state index in [0.29, 0.717) is 28.5 Å². The van der Waals surface area contributed by atoms with Crippen LogP contribution >= 0.6 is 12.2 Å². The molecule has 5 nitrogen and oxygen atoms in total. The van der Waals surface area contributed by atoms with E-state index in [1.807, 2.05) is 24.8 Å². The summed E-state index contributed by atoms with van der Waals surface area (Å²) in [6.07, 6.45) is 2.24. The summed E-state index contributed by atoms with van der Waals surface area (Å²) in [6, 6.07) is 16.1. The predicted molar refractivity (Wildman–Crippen MR) is 141 cm³/mol. The van der Waals surface area contributed by atoms with Crippen molar-refractivity contribution in [1.29, 1.82) is 0 Å². The molecule has 0 saturated carbocycles. The van der Waals surface area contributed by atoms with E-state index in [0.717, 1.165) is 16.8 Å². The van der Waals surface area contributed by atoms with Crippen LogP contribution in [0.15, 0.2) is 78.3 Å². The average molecular weight is 491 g/mol. The van der Waals surface area contributed by atoms with Crippen LogP contribution in [0, 0.1) is 5.82 Å². The summed E-state index contributed by atoms with van der Waals surface area (Å²) in [5.41, 5.74) is 3.26. The standard InChI is InChI=1S/C28H27FN2O3S/c1-5-28(2,3)22-14-21(26(34-4)16-25(22)33)24-15-23(17-6-12-20(32)13-7-17)30-27(35)31(24)19-10-8-18(29)9-11-19/h5-14,16,24,32-33H,1,15H2,2-4H3. The lowest BCUT2D eigenvalue weighted by molar-refractivity contribution is 0.395. The van der Waals surface area contributed by atoms with Gasteiger partial charge in [-0.15, -0.1) is 6.58 Å². The smallest absolute Gasteiger partial charge is 0.200 e. The van der Waals surface area contributed by atoms with Gasteiger partial charge in [-0.25, -0.2) is 9.38 Å². The number of ether oxygens (including phenoxy) is 1. The van der Waals surface area contributed by atoms with E-state index < -0.39 is 5.41 Å². The lowest BCUT2D eigenvalue weighted by Gasteiger charge is -2.38. The van der Waals surface area contributed by atoms with Gasteiger partial charge >= 0.3 is 0 Å². The molecule has 180 valence electrons. The van der Waals surface area contributed by atoms with Crippen molar-refractivity contribution in [1.82, 2.24) is 0 Å². The summed E-state index contributed by atoms with van der Waals surface area (Å²) < 4.78 is 19.4. The molecule has 7 heteroatoms. The van der Waals surface area contributed by atoms with Gasteiger partial charge < -0.3 is 19.8 Å². The second-order valence-electron chi connectivity index (χ2n) is 8.99. The molecule has 1 aliphatic heterocycles. The SMILES string of the molecule is C=CC(C)(C)c1cc(C2CC(c3ccc(O)cc3)=NC(=S)N2c2ccc(F)cc2)c(OC)cc1O. The number of aliphatic imine (C=N–C) groups is 1. The highest BCUT2D eigenvalue weighted by molar-refractivity contribution is 7.80. The lowest BCUT2D eigenvalue weighted by atomic mass is 9.81. The fourth-order valence-electron chi connectivity index (χ4n) is 4.25. The third-order valence-electron chi connectivity index (χ3n) is 6.35. The molecule has 3 aromatic carbocycles. The van der Waals surface area contributed by atoms with E-state index in [4.69, 9.17) is 21.9 Å². The Balaban J connectivity index is 1.92. The van der Waals surface area contributed by atoms with Gasteiger partial charge in [0.25, 0.3) is 0 Å². The number of thiocarbonyl (C=S) groups is 1. The van der Waals surface area contributed by atoms with Crippen LogP contribution in [0.1, 0.15) is 43.0 Å². The van der Waals surface area contributed by atoms with E-state index in [9.17, 15) is 14.6 Å². The van der Waals surface area contributed by atoms with Crippen LogP contribution in [-0.4, -0.2) is 28.1 Å². The van der Waals surface area contributed by atoms with Crippen LogP contribution in [0.4, 0.5) is 10.1 Å². The zero-order valence-electron chi connectivity index (χ0n) is 19.8. The van der Waals surface area contributed by atoms with Gasteiger partial charge in [-0.05, 0) is 72.4 Å². The first-order valence-corrected chi connectivity index (χ1v) is 11.6. The highest BCUT2D eigenvalue weighted by Crippen LogP contribution is 2.44. The van der Waals surface area contributed by atoms with Gasteiger partial charge in [-0.3, -0.25) is 0 Å². The number of anilines is 1. The van der Waals surface area contributed by atoms with E-state index in [-0.39, 0.29) is 23.4 Å². The van der Waals surface area contributed by atoms with E-state index in [1.54, 1.807) is 55.7 Å². The number of phenolic OH excluding ortho intramolecular Hbond substituents is 2. The maximum absolute atomic E-state index is 13.7. The molecule has 2 N–H and O–H groups in total. The summed E-state index contributed by atoms with van der Waals surface area (Å²) in [5.74, 6) is 0.417. The topological polar surface area (TPSA) is 65.3 Å². The number of aromatic hydroxyl groups is 2. The maximum atomic E-state index is 13.7. The number of methoxy groups -OCH3 is 1. The quantitative estimate of drug-likeness (QED) is 0.308. The Labute approximate surface area is 209 Å². The minimum absolute atomic E-state index is 0.106. The van der Waals surface area contributed by atoms with Gasteiger partial charge in [0.05, 0.1) is 18.9 Å². The van der Waals surface area contributed by atoms with Crippen molar-refractivity contribution in [3.8, 4) is 17.2 Å². The molecule has 1 heterocycles. The van der Waals surface area contributed by atoms with Crippen molar-refractivity contribution in [2.24, 2.45) is 4.99 Å². The number of phenols is 2. The van der Waals surface area contributed by atoms with Crippen molar-refractivity contribution < 1.29 is 19.3 Å². The molecule has 1 aliphatic rings. The van der Waals surface area contributed by atoms with Gasteiger partial charge in [0.15, 0.2) is 0 Å². The molecule has 0 aliphatic carbocycles. The predicted octanol–water partition coefficient (Wildman–Crippen LogP) is 6.43. The second kappa shape index (κ2) is 9.50. The highest BCUT2D eigenvalue weighted by Gasteiger charge is 2.34. The number of benzene rings is 3. The first-order chi connectivity index (χ1) is 16.6. The van der Waals surface area contributed by atoms with Crippen molar-refractivity contribution in [2.75, 3.05) is 12.0 Å². The van der Waals surface area contributed by atoms with Crippen LogP contribution in [0.3, 0.4) is 0 Å². The molecule has 0 fully saturated rings. The minimum atomic E-state index is -0.505. The molecule has 3 aromatic rings. The number of hydrogen-bond acceptors (Lipinski definition) is 4. The van der Waals surface area contributed by atoms with Gasteiger partial charge in [0.1, 0.15) is 23.1 Å². The number of allylic oxidation sites excluding steroid dienone is 1. The molecule has 0 aromatic heterocycles. The van der Waals surface area contributed by atoms with Crippen LogP contribution in [-0.2, 0) is 5.41 Å². The molecule has 0 amide bonds. The summed E-state index contributed by atoms with van der Waals surface area (Å²) >= 11 is 5.75. The van der Waals surface area contributed by atoms with Gasteiger partial charge in [0, 0.05) is 34.7 Å². The van der Waals surface area contributed by atoms with Crippen LogP contribution < -0.4 is 9.64 Å². The molecule has 1 unspecified atom stereocenters. The van der Waals surface area contributed by atoms with Crippen molar-refractivity contribution >= 4 is 28.7 Å². The Morgan fingerprint density at radius 2 is 1.77 bits per heavy atom. The Hall–Kier alpha value is -3.71. The second-order valence-corrected chi connectivity index (χ2v) is 9.36. The third kappa shape index (κ3) is 4.77. The fourth-order valence-corrected chi connectivity index (χ4v) is 4.59. The Morgan fingerprint density at radius 1 is 1.11 bits per heavy atom. The first kappa shape index (κ1) is 24.4. The zero-order valence-corrected chi connectivity index (χ0v) is 20.6. The Kier molecular flexibility index (Phi) is 6.63. The molecule has 0 radical (unpaired) electrons. The summed E-state index contributed by atoms with van der Waals surface area (Å²) in [5, 5.41) is 20.8. The molecule has 4 rings (SSSR count). The summed E-state index contributed by atoms with van der Waals surface area (Å²) in [6.45, 7) is 7.87. The molecule has 0 bridgehead atoms. The third-order valence-corrected chi connectivity index (χ3v) is 6.64. The van der Waals surface area contributed by atoms with E-state index in [2.05, 4.69) is 6.58 Å². The Bertz CT molecular complexity index is 1300. The molecule has 35 heavy (non-hydrogen) atoms. The van der Waals surface area contributed by atoms with Crippen molar-refractivity contribution in [3.05, 3.63) is 95.8 Å². The summed E-state index contributed by atoms with van der Waals surface area (Å²) in [4.78, 5) is 6.56. The van der Waals surface area contributed by atoms with Crippen LogP contribution in [0.5, 0.6) is 17.2 Å². The van der Waals surface area contributed by atoms with Crippen molar-refractivity contribution in [2.45, 2.75) is 31.7 Å². The molecular weight excluding hydrogens is 463 g/mol. The molecular formula is C28H27FN2O3S. The van der Waals surface area contributed by atoms with E-state index >= 15 is 0 Å². The van der Waals surface area contributed by atoms with E-state index in [1.165, 1.54) is 12.1 Å². The van der Waals surface area contributed by atoms with Crippen LogP contribution in [0.25, 0.3) is 0 Å². The fraction of sp³-hybridized carbons (Fsp3) is 0.214. The number of halogens is 1. The van der Waals surface area contributed by atoms with Gasteiger partial charge in [-0.1, -0.05) is 19.9 Å². The molecule has 0 spiro atoms. The zero-order chi connectivity index (χ0) is 25.3. The first-order valence-electron chi connectivity index (χ1n) is 11.2. The number of rotatable bonds is 6. The number of nitrogens with zero attached hydrogens (tertiary/aromatic N) is 2. The van der Waals surface area contributed by atoms with Gasteiger partial charge in [0.2, 0.25) is 5.11 Å². The van der Waals surface area contributed by atoms with Crippen LogP contribution in [0.2, 0.25) is 0 Å². The van der Waals surface area contributed by atoms with Crippen molar-refractivity contribution in [3.63, 3.8) is 0 Å². The highest BCUT2D eigenvalue weighted by atomic mass is 32.1. The maximum Gasteiger partial charge on any atom is 0.200 e. The average Bonchev–Trinajstić information content (AvgIpc) is 2.84. The minimum Gasteiger partial charge on any atom is -0.508 e. The molecule has 0 saturated heterocycles.